The minimum Gasteiger partial charge on any atom is -0.492 e. The Bertz CT molecular complexity index is 352. The first-order chi connectivity index (χ1) is 9.24. The molecule has 1 atom stereocenters. The van der Waals surface area contributed by atoms with Gasteiger partial charge in [-0.2, -0.15) is 0 Å². The van der Waals surface area contributed by atoms with Crippen molar-refractivity contribution in [3.05, 3.63) is 29.8 Å². The van der Waals surface area contributed by atoms with Crippen LogP contribution in [0.2, 0.25) is 0 Å². The van der Waals surface area contributed by atoms with Crippen LogP contribution in [-0.2, 0) is 0 Å². The number of aryl methyl sites for hydroxylation is 1. The van der Waals surface area contributed by atoms with Crippen molar-refractivity contribution in [2.45, 2.75) is 64.5 Å². The second-order valence-corrected chi connectivity index (χ2v) is 5.88. The molecule has 1 aromatic carbocycles. The largest absolute Gasteiger partial charge is 0.492 e. The molecule has 2 nitrogen and oxygen atoms in total. The Morgan fingerprint density at radius 1 is 1.11 bits per heavy atom. The first-order valence-corrected chi connectivity index (χ1v) is 7.69. The third-order valence-electron chi connectivity index (χ3n) is 3.90. The number of ether oxygens (including phenoxy) is 1. The second kappa shape index (κ2) is 7.54. The molecule has 19 heavy (non-hydrogen) atoms. The quantitative estimate of drug-likeness (QED) is 0.807. The van der Waals surface area contributed by atoms with Crippen LogP contribution in [0, 0.1) is 6.92 Å². The summed E-state index contributed by atoms with van der Waals surface area (Å²) in [6, 6.07) is 9.40. The molecule has 0 aromatic heterocycles. The zero-order chi connectivity index (χ0) is 13.5. The summed E-state index contributed by atoms with van der Waals surface area (Å²) in [7, 11) is 0. The average Bonchev–Trinajstić information content (AvgIpc) is 2.67. The van der Waals surface area contributed by atoms with E-state index in [1.807, 2.05) is 12.1 Å². The highest BCUT2D eigenvalue weighted by Crippen LogP contribution is 2.18. The summed E-state index contributed by atoms with van der Waals surface area (Å²) < 4.78 is 5.83. The Morgan fingerprint density at radius 2 is 1.74 bits per heavy atom. The van der Waals surface area contributed by atoms with E-state index in [9.17, 15) is 0 Å². The molecule has 2 rings (SSSR count). The van der Waals surface area contributed by atoms with Gasteiger partial charge in [0.2, 0.25) is 0 Å². The van der Waals surface area contributed by atoms with E-state index in [1.54, 1.807) is 0 Å². The molecule has 0 spiro atoms. The van der Waals surface area contributed by atoms with Crippen LogP contribution >= 0.6 is 0 Å². The lowest BCUT2D eigenvalue weighted by molar-refractivity contribution is 0.255. The third kappa shape index (κ3) is 5.23. The van der Waals surface area contributed by atoms with Gasteiger partial charge in [0.05, 0.1) is 0 Å². The molecule has 1 N–H and O–H groups in total. The van der Waals surface area contributed by atoms with Gasteiger partial charge in [0, 0.05) is 12.1 Å². The molecule has 1 saturated carbocycles. The van der Waals surface area contributed by atoms with E-state index in [-0.39, 0.29) is 0 Å². The second-order valence-electron chi connectivity index (χ2n) is 5.88. The predicted molar refractivity (Wildman–Crippen MR) is 80.8 cm³/mol. The van der Waals surface area contributed by atoms with Crippen molar-refractivity contribution >= 4 is 0 Å². The van der Waals surface area contributed by atoms with Gasteiger partial charge in [0.15, 0.2) is 0 Å². The molecule has 106 valence electrons. The van der Waals surface area contributed by atoms with Crippen LogP contribution in [0.5, 0.6) is 5.75 Å². The zero-order valence-corrected chi connectivity index (χ0v) is 12.3. The van der Waals surface area contributed by atoms with E-state index in [0.29, 0.717) is 12.1 Å². The summed E-state index contributed by atoms with van der Waals surface area (Å²) in [6.07, 6.45) is 8.23. The monoisotopic (exact) mass is 261 g/mol. The summed E-state index contributed by atoms with van der Waals surface area (Å²) in [5, 5.41) is 3.72. The lowest BCUT2D eigenvalue weighted by Gasteiger charge is -2.22. The standard InChI is InChI=1S/C17H27NO/c1-14-9-11-17(12-10-14)19-13-15(2)18-16-7-5-3-4-6-8-16/h9-12,15-16,18H,3-8,13H2,1-2H3. The molecular weight excluding hydrogens is 234 g/mol. The van der Waals surface area contributed by atoms with Gasteiger partial charge in [-0.25, -0.2) is 0 Å². The number of nitrogens with one attached hydrogen (secondary N) is 1. The van der Waals surface area contributed by atoms with Crippen LogP contribution in [0.1, 0.15) is 51.0 Å². The maximum absolute atomic E-state index is 5.83. The predicted octanol–water partition coefficient (Wildman–Crippen LogP) is 4.07. The van der Waals surface area contributed by atoms with Gasteiger partial charge in [0.25, 0.3) is 0 Å². The number of rotatable bonds is 5. The summed E-state index contributed by atoms with van der Waals surface area (Å²) in [6.45, 7) is 5.07. The van der Waals surface area contributed by atoms with E-state index >= 15 is 0 Å². The van der Waals surface area contributed by atoms with Crippen LogP contribution in [0.4, 0.5) is 0 Å². The molecule has 0 heterocycles. The Morgan fingerprint density at radius 3 is 2.37 bits per heavy atom. The Balaban J connectivity index is 1.71. The highest BCUT2D eigenvalue weighted by atomic mass is 16.5. The summed E-state index contributed by atoms with van der Waals surface area (Å²) >= 11 is 0. The molecule has 1 unspecified atom stereocenters. The van der Waals surface area contributed by atoms with Crippen LogP contribution in [0.15, 0.2) is 24.3 Å². The Labute approximate surface area is 117 Å². The summed E-state index contributed by atoms with van der Waals surface area (Å²) in [4.78, 5) is 0. The van der Waals surface area contributed by atoms with Gasteiger partial charge >= 0.3 is 0 Å². The molecule has 0 saturated heterocycles. The van der Waals surface area contributed by atoms with E-state index < -0.39 is 0 Å². The van der Waals surface area contributed by atoms with Crippen LogP contribution in [0.3, 0.4) is 0 Å². The van der Waals surface area contributed by atoms with Crippen molar-refractivity contribution < 1.29 is 4.74 Å². The normalized spacial score (nSPS) is 18.8. The third-order valence-corrected chi connectivity index (χ3v) is 3.90. The first kappa shape index (κ1) is 14.4. The van der Waals surface area contributed by atoms with Crippen LogP contribution in [0.25, 0.3) is 0 Å². The van der Waals surface area contributed by atoms with Crippen LogP contribution < -0.4 is 10.1 Å². The minimum absolute atomic E-state index is 0.421. The van der Waals surface area contributed by atoms with Crippen molar-refractivity contribution in [3.8, 4) is 5.75 Å². The van der Waals surface area contributed by atoms with E-state index in [4.69, 9.17) is 4.74 Å². The number of benzene rings is 1. The Kier molecular flexibility index (Phi) is 5.71. The molecule has 0 bridgehead atoms. The molecule has 2 heteroatoms. The highest BCUT2D eigenvalue weighted by Gasteiger charge is 2.14. The van der Waals surface area contributed by atoms with Crippen molar-refractivity contribution in [3.63, 3.8) is 0 Å². The fourth-order valence-corrected chi connectivity index (χ4v) is 2.75. The molecule has 1 aromatic rings. The fourth-order valence-electron chi connectivity index (χ4n) is 2.75. The molecular formula is C17H27NO. The van der Waals surface area contributed by atoms with Crippen molar-refractivity contribution in [2.75, 3.05) is 6.61 Å². The summed E-state index contributed by atoms with van der Waals surface area (Å²) in [5.41, 5.74) is 1.27. The Hall–Kier alpha value is -1.02. The van der Waals surface area contributed by atoms with Gasteiger partial charge in [-0.3, -0.25) is 0 Å². The summed E-state index contributed by atoms with van der Waals surface area (Å²) in [5.74, 6) is 0.972. The number of hydrogen-bond donors (Lipinski definition) is 1. The van der Waals surface area contributed by atoms with Gasteiger partial charge in [0.1, 0.15) is 12.4 Å². The molecule has 1 aliphatic carbocycles. The van der Waals surface area contributed by atoms with Gasteiger partial charge < -0.3 is 10.1 Å². The fraction of sp³-hybridized carbons (Fsp3) is 0.647. The highest BCUT2D eigenvalue weighted by molar-refractivity contribution is 5.26. The SMILES string of the molecule is Cc1ccc(OCC(C)NC2CCCCCC2)cc1. The topological polar surface area (TPSA) is 21.3 Å². The zero-order valence-electron chi connectivity index (χ0n) is 12.3. The van der Waals surface area contributed by atoms with Gasteiger partial charge in [-0.15, -0.1) is 0 Å². The number of hydrogen-bond acceptors (Lipinski definition) is 2. The lowest BCUT2D eigenvalue weighted by atomic mass is 10.1. The molecule has 1 fully saturated rings. The van der Waals surface area contributed by atoms with Crippen molar-refractivity contribution in [1.29, 1.82) is 0 Å². The van der Waals surface area contributed by atoms with Gasteiger partial charge in [-0.1, -0.05) is 43.4 Å². The minimum atomic E-state index is 0.421. The maximum Gasteiger partial charge on any atom is 0.119 e. The smallest absolute Gasteiger partial charge is 0.119 e. The average molecular weight is 261 g/mol. The lowest BCUT2D eigenvalue weighted by Crippen LogP contribution is -2.39. The molecule has 0 aliphatic heterocycles. The maximum atomic E-state index is 5.83. The first-order valence-electron chi connectivity index (χ1n) is 7.69. The van der Waals surface area contributed by atoms with E-state index in [2.05, 4.69) is 31.3 Å². The van der Waals surface area contributed by atoms with E-state index in [1.165, 1.54) is 44.1 Å². The molecule has 1 aliphatic rings. The molecule has 0 amide bonds. The van der Waals surface area contributed by atoms with Crippen LogP contribution in [-0.4, -0.2) is 18.7 Å². The van der Waals surface area contributed by atoms with Crippen molar-refractivity contribution in [2.24, 2.45) is 0 Å². The van der Waals surface area contributed by atoms with Crippen molar-refractivity contribution in [1.82, 2.24) is 5.32 Å². The van der Waals surface area contributed by atoms with E-state index in [0.717, 1.165) is 12.4 Å². The van der Waals surface area contributed by atoms with Gasteiger partial charge in [-0.05, 0) is 38.8 Å². The molecule has 0 radical (unpaired) electrons.